The first-order chi connectivity index (χ1) is 15.4. The van der Waals surface area contributed by atoms with E-state index in [1.807, 2.05) is 0 Å². The van der Waals surface area contributed by atoms with E-state index >= 15 is 0 Å². The van der Waals surface area contributed by atoms with Gasteiger partial charge in [-0.15, -0.1) is 0 Å². The maximum atomic E-state index is 13.0. The van der Waals surface area contributed by atoms with Crippen molar-refractivity contribution in [1.29, 1.82) is 0 Å². The number of anilines is 3. The van der Waals surface area contributed by atoms with Gasteiger partial charge < -0.3 is 14.2 Å². The molecule has 1 saturated heterocycles. The van der Waals surface area contributed by atoms with Gasteiger partial charge in [-0.2, -0.15) is 4.98 Å². The van der Waals surface area contributed by atoms with Crippen LogP contribution in [0, 0.1) is 0 Å². The van der Waals surface area contributed by atoms with Crippen LogP contribution >= 0.6 is 0 Å². The fourth-order valence-electron chi connectivity index (χ4n) is 3.95. The van der Waals surface area contributed by atoms with Crippen LogP contribution < -0.4 is 20.7 Å². The second kappa shape index (κ2) is 8.97. The Hall–Kier alpha value is -3.81. The fraction of sp³-hybridized carbons (Fsp3) is 0.526. The molecule has 1 fully saturated rings. The van der Waals surface area contributed by atoms with Crippen molar-refractivity contribution in [1.82, 2.24) is 9.97 Å². The third-order valence-electron chi connectivity index (χ3n) is 4.92. The average molecular weight is 465 g/mol. The van der Waals surface area contributed by atoms with E-state index < -0.39 is 59.7 Å². The molecule has 178 valence electrons. The van der Waals surface area contributed by atoms with E-state index in [2.05, 4.69) is 15.3 Å². The number of nitrogens with one attached hydrogen (secondary N) is 2. The summed E-state index contributed by atoms with van der Waals surface area (Å²) in [6.45, 7) is 5.55. The minimum atomic E-state index is -1.27. The molecule has 0 unspecified atom stereocenters. The van der Waals surface area contributed by atoms with Gasteiger partial charge in [-0.05, 0) is 0 Å². The minimum absolute atomic E-state index is 0.237. The third-order valence-corrected chi connectivity index (χ3v) is 4.92. The van der Waals surface area contributed by atoms with Gasteiger partial charge in [-0.3, -0.25) is 48.9 Å². The van der Waals surface area contributed by atoms with Gasteiger partial charge in [-0.1, -0.05) is 0 Å². The third kappa shape index (κ3) is 4.55. The normalized spacial score (nSPS) is 23.7. The number of amides is 3. The van der Waals surface area contributed by atoms with Gasteiger partial charge in [0.15, 0.2) is 29.9 Å². The van der Waals surface area contributed by atoms with Gasteiger partial charge in [0.05, 0.1) is 6.61 Å². The number of aromatic amines is 1. The van der Waals surface area contributed by atoms with E-state index in [0.29, 0.717) is 0 Å². The van der Waals surface area contributed by atoms with Crippen LogP contribution in [0.5, 0.6) is 0 Å². The van der Waals surface area contributed by atoms with Gasteiger partial charge >= 0.3 is 11.9 Å². The monoisotopic (exact) mass is 465 g/mol. The molecular weight excluding hydrogens is 442 g/mol. The summed E-state index contributed by atoms with van der Waals surface area (Å²) < 4.78 is 16.4. The number of esters is 2. The van der Waals surface area contributed by atoms with Gasteiger partial charge in [0.25, 0.3) is 5.56 Å². The van der Waals surface area contributed by atoms with Crippen LogP contribution in [0.4, 0.5) is 17.5 Å². The topological polar surface area (TPSA) is 177 Å². The first-order valence-corrected chi connectivity index (χ1v) is 9.90. The number of fused-ring (bicyclic) bond motifs is 2. The predicted molar refractivity (Wildman–Crippen MR) is 110 cm³/mol. The summed E-state index contributed by atoms with van der Waals surface area (Å²) in [6, 6.07) is -1.24. The molecule has 0 radical (unpaired) electrons. The number of hydrogen-bond donors (Lipinski definition) is 2. The molecular formula is C19H23N5O9. The lowest BCUT2D eigenvalue weighted by molar-refractivity contribution is -0.193. The summed E-state index contributed by atoms with van der Waals surface area (Å²) in [5, 5.41) is 2.32. The summed E-state index contributed by atoms with van der Waals surface area (Å²) in [7, 11) is 0. The second-order valence-corrected chi connectivity index (χ2v) is 7.48. The maximum Gasteiger partial charge on any atom is 0.303 e. The highest BCUT2D eigenvalue weighted by Crippen LogP contribution is 2.40. The molecule has 3 amide bonds. The summed E-state index contributed by atoms with van der Waals surface area (Å²) >= 11 is 0. The standard InChI is InChI=1S/C19H23N5O9/c1-7(25)20-19-21-16-14(17(30)22-19)23(8(2)26)13-15(33-11(5)29)12(32-10(4)28)6-31-18(13)24(16)9(3)27/h12-13,15,18H,6H2,1-5H3,(H2,20,21,22,25,30)/t12-,13-,15-,18+/m0/s1. The summed E-state index contributed by atoms with van der Waals surface area (Å²) in [6.07, 6.45) is -3.62. The maximum absolute atomic E-state index is 13.0. The number of H-pyrrole nitrogens is 1. The van der Waals surface area contributed by atoms with Crippen molar-refractivity contribution < 1.29 is 38.2 Å². The van der Waals surface area contributed by atoms with Gasteiger partial charge in [-0.25, -0.2) is 0 Å². The summed E-state index contributed by atoms with van der Waals surface area (Å²) in [5.41, 5.74) is -1.17. The predicted octanol–water partition coefficient (Wildman–Crippen LogP) is -0.964. The van der Waals surface area contributed by atoms with Crippen LogP contribution in [0.3, 0.4) is 0 Å². The highest BCUT2D eigenvalue weighted by atomic mass is 16.6. The lowest BCUT2D eigenvalue weighted by Gasteiger charge is -2.51. The Balaban J connectivity index is 2.26. The molecule has 0 bridgehead atoms. The number of hydrogen-bond acceptors (Lipinski definition) is 10. The van der Waals surface area contributed by atoms with Crippen molar-refractivity contribution in [2.75, 3.05) is 21.7 Å². The molecule has 14 nitrogen and oxygen atoms in total. The number of aromatic nitrogens is 2. The summed E-state index contributed by atoms with van der Waals surface area (Å²) in [5.74, 6) is -3.70. The van der Waals surface area contributed by atoms with E-state index in [0.717, 1.165) is 30.6 Å². The van der Waals surface area contributed by atoms with Crippen LogP contribution in [0.2, 0.25) is 0 Å². The van der Waals surface area contributed by atoms with Crippen LogP contribution in [-0.2, 0) is 38.2 Å². The molecule has 1 aromatic heterocycles. The molecule has 0 spiro atoms. The Morgan fingerprint density at radius 3 is 2.12 bits per heavy atom. The van der Waals surface area contributed by atoms with Gasteiger partial charge in [0.1, 0.15) is 6.04 Å². The SMILES string of the molecule is CC(=O)Nc1nc2c(c(=O)[nH]1)N(C(C)=O)[C@H]1[C@@H](OC(C)=O)[C@@H](OC(C)=O)CO[C@H]1N2C(C)=O. The quantitative estimate of drug-likeness (QED) is 0.528. The Morgan fingerprint density at radius 2 is 1.61 bits per heavy atom. The zero-order valence-corrected chi connectivity index (χ0v) is 18.5. The molecule has 3 heterocycles. The smallest absolute Gasteiger partial charge is 0.303 e. The molecule has 2 aliphatic rings. The van der Waals surface area contributed by atoms with E-state index in [-0.39, 0.29) is 24.1 Å². The molecule has 1 aromatic rings. The first kappa shape index (κ1) is 23.8. The van der Waals surface area contributed by atoms with Gasteiger partial charge in [0.2, 0.25) is 23.7 Å². The Morgan fingerprint density at radius 1 is 1.00 bits per heavy atom. The molecule has 0 aromatic carbocycles. The van der Waals surface area contributed by atoms with E-state index in [9.17, 15) is 28.8 Å². The van der Waals surface area contributed by atoms with Gasteiger partial charge in [0, 0.05) is 34.6 Å². The molecule has 4 atom stereocenters. The van der Waals surface area contributed by atoms with E-state index in [4.69, 9.17) is 14.2 Å². The van der Waals surface area contributed by atoms with E-state index in [1.165, 1.54) is 13.8 Å². The molecule has 2 aliphatic heterocycles. The highest BCUT2D eigenvalue weighted by molar-refractivity contribution is 6.03. The zero-order valence-electron chi connectivity index (χ0n) is 18.5. The molecule has 0 saturated carbocycles. The van der Waals surface area contributed by atoms with Crippen LogP contribution in [0.15, 0.2) is 4.79 Å². The van der Waals surface area contributed by atoms with Crippen LogP contribution in [-0.4, -0.2) is 70.7 Å². The van der Waals surface area contributed by atoms with Crippen molar-refractivity contribution in [3.63, 3.8) is 0 Å². The number of nitrogens with zero attached hydrogens (tertiary/aromatic N) is 3. The fourth-order valence-corrected chi connectivity index (χ4v) is 3.95. The van der Waals surface area contributed by atoms with Crippen molar-refractivity contribution in [3.05, 3.63) is 10.4 Å². The Bertz CT molecular complexity index is 1080. The largest absolute Gasteiger partial charge is 0.456 e. The zero-order chi connectivity index (χ0) is 24.6. The highest BCUT2D eigenvalue weighted by Gasteiger charge is 2.56. The number of carbonyl (C=O) groups is 5. The second-order valence-electron chi connectivity index (χ2n) is 7.48. The molecule has 33 heavy (non-hydrogen) atoms. The number of rotatable bonds is 3. The Labute approximate surface area is 187 Å². The molecule has 0 aliphatic carbocycles. The lowest BCUT2D eigenvalue weighted by Crippen LogP contribution is -2.71. The van der Waals surface area contributed by atoms with Crippen molar-refractivity contribution >= 4 is 47.1 Å². The van der Waals surface area contributed by atoms with Crippen molar-refractivity contribution in [3.8, 4) is 0 Å². The summed E-state index contributed by atoms with van der Waals surface area (Å²) in [4.78, 5) is 81.8. The van der Waals surface area contributed by atoms with Crippen molar-refractivity contribution in [2.24, 2.45) is 0 Å². The van der Waals surface area contributed by atoms with Crippen LogP contribution in [0.25, 0.3) is 0 Å². The number of carbonyl (C=O) groups excluding carboxylic acids is 5. The molecule has 2 N–H and O–H groups in total. The average Bonchev–Trinajstić information content (AvgIpc) is 2.66. The first-order valence-electron chi connectivity index (χ1n) is 9.90. The minimum Gasteiger partial charge on any atom is -0.456 e. The van der Waals surface area contributed by atoms with Crippen LogP contribution in [0.1, 0.15) is 34.6 Å². The lowest BCUT2D eigenvalue weighted by atomic mass is 9.95. The molecule has 14 heteroatoms. The van der Waals surface area contributed by atoms with E-state index in [1.54, 1.807) is 0 Å². The molecule has 3 rings (SSSR count). The van der Waals surface area contributed by atoms with Crippen molar-refractivity contribution in [2.45, 2.75) is 59.1 Å². The Kier molecular flexibility index (Phi) is 6.48. The number of ether oxygens (including phenoxy) is 3.